The zero-order chi connectivity index (χ0) is 13.5. The number of nitrogens with two attached hydrogens (primary N) is 1. The number of carbonyl (C=O) groups excluding carboxylic acids is 1. The molecule has 96 valence electrons. The minimum absolute atomic E-state index is 0.232. The summed E-state index contributed by atoms with van der Waals surface area (Å²) in [4.78, 5) is 12.0. The summed E-state index contributed by atoms with van der Waals surface area (Å²) in [6, 6.07) is 3.37. The summed E-state index contributed by atoms with van der Waals surface area (Å²) >= 11 is 0. The lowest BCUT2D eigenvalue weighted by molar-refractivity contribution is 0.0954. The number of benzene rings is 1. The van der Waals surface area contributed by atoms with Gasteiger partial charge < -0.3 is 15.8 Å². The molecule has 0 aliphatic carbocycles. The molecular formula is C14H18N2O2. The second-order valence-corrected chi connectivity index (χ2v) is 3.81. The van der Waals surface area contributed by atoms with Crippen LogP contribution in [0.2, 0.25) is 0 Å². The van der Waals surface area contributed by atoms with E-state index in [0.717, 1.165) is 5.56 Å². The second-order valence-electron chi connectivity index (χ2n) is 3.81. The number of rotatable bonds is 6. The molecule has 0 spiro atoms. The van der Waals surface area contributed by atoms with Crippen LogP contribution < -0.4 is 15.8 Å². The van der Waals surface area contributed by atoms with Crippen molar-refractivity contribution in [3.63, 3.8) is 0 Å². The number of aryl methyl sites for hydroxylation is 1. The van der Waals surface area contributed by atoms with Crippen molar-refractivity contribution in [3.8, 4) is 5.75 Å². The van der Waals surface area contributed by atoms with Crippen LogP contribution in [0.25, 0.3) is 0 Å². The predicted molar refractivity (Wildman–Crippen MR) is 73.8 cm³/mol. The highest BCUT2D eigenvalue weighted by atomic mass is 16.5. The average molecular weight is 246 g/mol. The van der Waals surface area contributed by atoms with E-state index in [-0.39, 0.29) is 5.91 Å². The molecule has 4 heteroatoms. The molecule has 0 unspecified atom stereocenters. The highest BCUT2D eigenvalue weighted by Crippen LogP contribution is 2.26. The fraction of sp³-hybridized carbons (Fsp3) is 0.214. The zero-order valence-corrected chi connectivity index (χ0v) is 10.5. The Morgan fingerprint density at radius 1 is 1.44 bits per heavy atom. The number of nitrogen functional groups attached to an aromatic ring is 1. The van der Waals surface area contributed by atoms with Crippen molar-refractivity contribution in [1.29, 1.82) is 0 Å². The molecule has 1 rings (SSSR count). The third-order valence-corrected chi connectivity index (χ3v) is 2.29. The Bertz CT molecular complexity index is 467. The minimum atomic E-state index is -0.232. The number of carbonyl (C=O) groups is 1. The van der Waals surface area contributed by atoms with Gasteiger partial charge in [0.15, 0.2) is 0 Å². The number of nitrogens with one attached hydrogen (secondary N) is 1. The van der Waals surface area contributed by atoms with Gasteiger partial charge in [-0.25, -0.2) is 0 Å². The first-order valence-corrected chi connectivity index (χ1v) is 5.63. The Kier molecular flexibility index (Phi) is 4.99. The molecule has 0 aliphatic heterocycles. The molecule has 1 aromatic rings. The van der Waals surface area contributed by atoms with Crippen LogP contribution in [-0.2, 0) is 0 Å². The minimum Gasteiger partial charge on any atom is -0.488 e. The largest absolute Gasteiger partial charge is 0.488 e. The van der Waals surface area contributed by atoms with Gasteiger partial charge in [0, 0.05) is 12.2 Å². The maximum Gasteiger partial charge on any atom is 0.255 e. The molecule has 0 aromatic heterocycles. The summed E-state index contributed by atoms with van der Waals surface area (Å²) in [5, 5.41) is 2.70. The van der Waals surface area contributed by atoms with Gasteiger partial charge in [-0.2, -0.15) is 0 Å². The lowest BCUT2D eigenvalue weighted by Gasteiger charge is -2.13. The molecule has 4 nitrogen and oxygen atoms in total. The molecule has 1 amide bonds. The van der Waals surface area contributed by atoms with Gasteiger partial charge in [0.05, 0.1) is 5.56 Å². The fourth-order valence-electron chi connectivity index (χ4n) is 1.56. The first-order chi connectivity index (χ1) is 8.60. The van der Waals surface area contributed by atoms with Gasteiger partial charge in [-0.3, -0.25) is 4.79 Å². The summed E-state index contributed by atoms with van der Waals surface area (Å²) < 4.78 is 5.51. The van der Waals surface area contributed by atoms with Gasteiger partial charge in [-0.1, -0.05) is 18.7 Å². The van der Waals surface area contributed by atoms with Crippen molar-refractivity contribution in [2.75, 3.05) is 18.9 Å². The van der Waals surface area contributed by atoms with Crippen molar-refractivity contribution in [1.82, 2.24) is 5.32 Å². The first-order valence-electron chi connectivity index (χ1n) is 5.63. The summed E-state index contributed by atoms with van der Waals surface area (Å²) in [7, 11) is 0. The van der Waals surface area contributed by atoms with Crippen LogP contribution in [0.1, 0.15) is 15.9 Å². The van der Waals surface area contributed by atoms with E-state index in [1.807, 2.05) is 6.92 Å². The lowest BCUT2D eigenvalue weighted by Crippen LogP contribution is -2.24. The summed E-state index contributed by atoms with van der Waals surface area (Å²) in [6.45, 7) is 9.72. The van der Waals surface area contributed by atoms with Crippen LogP contribution >= 0.6 is 0 Å². The van der Waals surface area contributed by atoms with Crippen LogP contribution in [0.4, 0.5) is 5.69 Å². The smallest absolute Gasteiger partial charge is 0.255 e. The zero-order valence-electron chi connectivity index (χ0n) is 10.5. The predicted octanol–water partition coefficient (Wildman–Crippen LogP) is 2.06. The highest BCUT2D eigenvalue weighted by molar-refractivity contribution is 5.98. The van der Waals surface area contributed by atoms with E-state index in [4.69, 9.17) is 10.5 Å². The van der Waals surface area contributed by atoms with Crippen LogP contribution in [0.5, 0.6) is 5.75 Å². The maximum absolute atomic E-state index is 12.0. The molecule has 3 N–H and O–H groups in total. The normalized spacial score (nSPS) is 9.61. The molecule has 0 saturated heterocycles. The molecule has 0 bridgehead atoms. The van der Waals surface area contributed by atoms with Gasteiger partial charge in [0.1, 0.15) is 12.4 Å². The van der Waals surface area contributed by atoms with Gasteiger partial charge in [-0.05, 0) is 24.6 Å². The van der Waals surface area contributed by atoms with Crippen molar-refractivity contribution in [3.05, 3.63) is 48.6 Å². The van der Waals surface area contributed by atoms with E-state index < -0.39 is 0 Å². The third kappa shape index (κ3) is 3.38. The Labute approximate surface area is 107 Å². The van der Waals surface area contributed by atoms with Gasteiger partial charge in [0.25, 0.3) is 5.91 Å². The van der Waals surface area contributed by atoms with E-state index in [1.54, 1.807) is 24.3 Å². The van der Waals surface area contributed by atoms with Crippen molar-refractivity contribution < 1.29 is 9.53 Å². The number of anilines is 1. The van der Waals surface area contributed by atoms with Crippen molar-refractivity contribution in [2.45, 2.75) is 6.92 Å². The summed E-state index contributed by atoms with van der Waals surface area (Å²) in [5.74, 6) is 0.301. The van der Waals surface area contributed by atoms with E-state index in [1.165, 1.54) is 0 Å². The fourth-order valence-corrected chi connectivity index (χ4v) is 1.56. The Morgan fingerprint density at radius 2 is 2.17 bits per heavy atom. The van der Waals surface area contributed by atoms with Crippen LogP contribution in [0, 0.1) is 6.92 Å². The third-order valence-electron chi connectivity index (χ3n) is 2.29. The summed E-state index contributed by atoms with van der Waals surface area (Å²) in [5.41, 5.74) is 7.52. The van der Waals surface area contributed by atoms with E-state index in [0.29, 0.717) is 30.2 Å². The molecule has 0 fully saturated rings. The van der Waals surface area contributed by atoms with E-state index in [2.05, 4.69) is 18.5 Å². The van der Waals surface area contributed by atoms with Crippen LogP contribution in [0.3, 0.4) is 0 Å². The van der Waals surface area contributed by atoms with Gasteiger partial charge >= 0.3 is 0 Å². The molecule has 0 saturated carbocycles. The number of ether oxygens (including phenoxy) is 1. The number of hydrogen-bond acceptors (Lipinski definition) is 3. The van der Waals surface area contributed by atoms with Crippen LogP contribution in [0.15, 0.2) is 37.4 Å². The van der Waals surface area contributed by atoms with Gasteiger partial charge in [-0.15, -0.1) is 6.58 Å². The Hall–Kier alpha value is -2.23. The second kappa shape index (κ2) is 6.49. The Balaban J connectivity index is 3.09. The summed E-state index contributed by atoms with van der Waals surface area (Å²) in [6.07, 6.45) is 3.24. The van der Waals surface area contributed by atoms with Crippen LogP contribution in [-0.4, -0.2) is 19.1 Å². The number of amides is 1. The van der Waals surface area contributed by atoms with Gasteiger partial charge in [0.2, 0.25) is 0 Å². The SMILES string of the molecule is C=CCNC(=O)c1cc(N)cc(C)c1OCC=C. The van der Waals surface area contributed by atoms with Crippen molar-refractivity contribution in [2.24, 2.45) is 0 Å². The molecule has 0 heterocycles. The van der Waals surface area contributed by atoms with E-state index in [9.17, 15) is 4.79 Å². The van der Waals surface area contributed by atoms with E-state index >= 15 is 0 Å². The topological polar surface area (TPSA) is 64.4 Å². The molecule has 0 aliphatic rings. The standard InChI is InChI=1S/C14H18N2O2/c1-4-6-16-14(17)12-9-11(15)8-10(3)13(12)18-7-5-2/h4-5,8-9H,1-2,6-7,15H2,3H3,(H,16,17). The first kappa shape index (κ1) is 13.8. The molecular weight excluding hydrogens is 228 g/mol. The monoisotopic (exact) mass is 246 g/mol. The molecule has 0 radical (unpaired) electrons. The molecule has 0 atom stereocenters. The lowest BCUT2D eigenvalue weighted by atomic mass is 10.1. The number of hydrogen-bond donors (Lipinski definition) is 2. The highest BCUT2D eigenvalue weighted by Gasteiger charge is 2.15. The molecule has 18 heavy (non-hydrogen) atoms. The maximum atomic E-state index is 12.0. The Morgan fingerprint density at radius 3 is 2.78 bits per heavy atom. The van der Waals surface area contributed by atoms with Crippen molar-refractivity contribution >= 4 is 11.6 Å². The molecule has 1 aromatic carbocycles. The average Bonchev–Trinajstić information content (AvgIpc) is 2.34. The quantitative estimate of drug-likeness (QED) is 0.596.